The van der Waals surface area contributed by atoms with Crippen LogP contribution in [0.15, 0.2) is 30.3 Å². The molecule has 0 unspecified atom stereocenters. The Morgan fingerprint density at radius 1 is 1.07 bits per heavy atom. The zero-order valence-electron chi connectivity index (χ0n) is 8.52. The molecule has 80 valence electrons. The van der Waals surface area contributed by atoms with Crippen molar-refractivity contribution in [2.75, 3.05) is 0 Å². The molecular weight excluding hydrogens is 286 g/mol. The summed E-state index contributed by atoms with van der Waals surface area (Å²) >= 11 is -1.92. The second kappa shape index (κ2) is 6.22. The molecule has 0 aromatic heterocycles. The minimum atomic E-state index is -1.92. The molecule has 4 heteroatoms. The number of rotatable bonds is 0. The van der Waals surface area contributed by atoms with Crippen LogP contribution < -0.4 is 0 Å². The molecule has 2 aromatic carbocycles. The summed E-state index contributed by atoms with van der Waals surface area (Å²) in [6, 6.07) is 10.9. The molecule has 0 aliphatic carbocycles. The van der Waals surface area contributed by atoms with Gasteiger partial charge in [0.05, 0.1) is 0 Å². The van der Waals surface area contributed by atoms with Gasteiger partial charge in [-0.1, -0.05) is 11.1 Å². The molecule has 15 heavy (non-hydrogen) atoms. The zero-order valence-corrected chi connectivity index (χ0v) is 12.3. The molecule has 2 aromatic rings. The summed E-state index contributed by atoms with van der Waals surface area (Å²) in [6.07, 6.45) is 0. The van der Waals surface area contributed by atoms with Crippen LogP contribution in [-0.2, 0) is 14.7 Å². The van der Waals surface area contributed by atoms with E-state index in [0.29, 0.717) is 0 Å². The third-order valence-corrected chi connectivity index (χ3v) is 2.25. The maximum atomic E-state index is 4.97. The van der Waals surface area contributed by atoms with Crippen LogP contribution in [0.3, 0.4) is 0 Å². The minimum absolute atomic E-state index is 1.35. The molecule has 0 nitrogen and oxygen atoms in total. The van der Waals surface area contributed by atoms with Crippen molar-refractivity contribution < 1.29 is 14.7 Å². The van der Waals surface area contributed by atoms with Crippen LogP contribution in [0, 0.1) is 13.8 Å². The average molecular weight is 297 g/mol. The molecule has 0 N–H and O–H groups in total. The Kier molecular flexibility index (Phi) is 5.59. The van der Waals surface area contributed by atoms with E-state index in [1.807, 2.05) is 0 Å². The summed E-state index contributed by atoms with van der Waals surface area (Å²) in [5.41, 5.74) is 2.76. The Morgan fingerprint density at radius 2 is 1.60 bits per heavy atom. The van der Waals surface area contributed by atoms with Gasteiger partial charge in [-0.15, -0.1) is 29.0 Å². The first kappa shape index (κ1) is 13.5. The Morgan fingerprint density at radius 3 is 2.20 bits per heavy atom. The van der Waals surface area contributed by atoms with Crippen molar-refractivity contribution in [1.29, 1.82) is 0 Å². The Labute approximate surface area is 108 Å². The van der Waals surface area contributed by atoms with Crippen LogP contribution in [-0.4, -0.2) is 0 Å². The van der Waals surface area contributed by atoms with E-state index in [1.165, 1.54) is 21.9 Å². The number of fused-ring (bicyclic) bond motifs is 1. The second-order valence-corrected chi connectivity index (χ2v) is 11.0. The van der Waals surface area contributed by atoms with Crippen molar-refractivity contribution in [3.63, 3.8) is 0 Å². The monoisotopic (exact) mass is 296 g/mol. The zero-order chi connectivity index (χ0) is 11.4. The molecular formula is C11H11Cl3Ti. The van der Waals surface area contributed by atoms with Crippen molar-refractivity contribution >= 4 is 38.7 Å². The van der Waals surface area contributed by atoms with E-state index in [0.717, 1.165) is 0 Å². The van der Waals surface area contributed by atoms with Crippen LogP contribution in [0.5, 0.6) is 0 Å². The second-order valence-electron chi connectivity index (χ2n) is 3.31. The fourth-order valence-corrected chi connectivity index (χ4v) is 1.40. The van der Waals surface area contributed by atoms with E-state index in [2.05, 4.69) is 44.2 Å². The van der Waals surface area contributed by atoms with Gasteiger partial charge in [-0.25, -0.2) is 0 Å². The molecule has 0 radical (unpaired) electrons. The van der Waals surface area contributed by atoms with E-state index in [-0.39, 0.29) is 0 Å². The van der Waals surface area contributed by atoms with Crippen LogP contribution >= 0.6 is 27.9 Å². The van der Waals surface area contributed by atoms with Gasteiger partial charge < -0.3 is 0 Å². The molecule has 2 rings (SSSR count). The van der Waals surface area contributed by atoms with E-state index >= 15 is 0 Å². The molecule has 0 aliphatic heterocycles. The van der Waals surface area contributed by atoms with Crippen molar-refractivity contribution in [2.24, 2.45) is 0 Å². The Balaban J connectivity index is 0.000000245. The first-order chi connectivity index (χ1) is 7.00. The summed E-state index contributed by atoms with van der Waals surface area (Å²) in [5, 5.41) is 2.71. The predicted molar refractivity (Wildman–Crippen MR) is 66.6 cm³/mol. The van der Waals surface area contributed by atoms with E-state index in [4.69, 9.17) is 27.9 Å². The summed E-state index contributed by atoms with van der Waals surface area (Å²) in [7, 11) is 14.9. The molecule has 0 saturated carbocycles. The summed E-state index contributed by atoms with van der Waals surface area (Å²) in [4.78, 5) is 0. The normalized spacial score (nSPS) is 9.67. The molecule has 0 fully saturated rings. The van der Waals surface area contributed by atoms with Crippen LogP contribution in [0.4, 0.5) is 0 Å². The first-order valence-electron chi connectivity index (χ1n) is 4.47. The number of aryl methyl sites for hydroxylation is 2. The van der Waals surface area contributed by atoms with Gasteiger partial charge in [0, 0.05) is 0 Å². The van der Waals surface area contributed by atoms with Gasteiger partial charge >= 0.3 is 42.6 Å². The summed E-state index contributed by atoms with van der Waals surface area (Å²) in [6.45, 7) is 4.31. The van der Waals surface area contributed by atoms with Crippen LogP contribution in [0.25, 0.3) is 10.8 Å². The molecule has 0 aliphatic rings. The van der Waals surface area contributed by atoms with E-state index in [9.17, 15) is 0 Å². The summed E-state index contributed by atoms with van der Waals surface area (Å²) in [5.74, 6) is 0. The van der Waals surface area contributed by atoms with Gasteiger partial charge in [0.2, 0.25) is 0 Å². The fourth-order valence-electron chi connectivity index (χ4n) is 1.40. The topological polar surface area (TPSA) is 0 Å². The van der Waals surface area contributed by atoms with Crippen molar-refractivity contribution in [3.05, 3.63) is 41.5 Å². The van der Waals surface area contributed by atoms with Crippen molar-refractivity contribution in [3.8, 4) is 0 Å². The summed E-state index contributed by atoms with van der Waals surface area (Å²) < 4.78 is 0. The quantitative estimate of drug-likeness (QED) is 0.461. The molecule has 0 saturated heterocycles. The SMILES string of the molecule is Cc1cc2cc[cH-]c2cc1C.[Cl][Ti+]([Cl])[Cl]. The third kappa shape index (κ3) is 4.42. The van der Waals surface area contributed by atoms with Crippen molar-refractivity contribution in [2.45, 2.75) is 13.8 Å². The number of hydrogen-bond donors (Lipinski definition) is 0. The predicted octanol–water partition coefficient (Wildman–Crippen LogP) is 5.24. The number of halogens is 3. The van der Waals surface area contributed by atoms with Gasteiger partial charge in [0.1, 0.15) is 0 Å². The van der Waals surface area contributed by atoms with Gasteiger partial charge in [0.15, 0.2) is 0 Å². The Bertz CT molecular complexity index is 396. The van der Waals surface area contributed by atoms with E-state index < -0.39 is 14.7 Å². The van der Waals surface area contributed by atoms with Gasteiger partial charge in [-0.3, -0.25) is 0 Å². The fraction of sp³-hybridized carbons (Fsp3) is 0.182. The molecule has 0 amide bonds. The van der Waals surface area contributed by atoms with Crippen LogP contribution in [0.2, 0.25) is 0 Å². The average Bonchev–Trinajstić information content (AvgIpc) is 2.51. The van der Waals surface area contributed by atoms with Gasteiger partial charge in [0.25, 0.3) is 0 Å². The van der Waals surface area contributed by atoms with Crippen LogP contribution in [0.1, 0.15) is 11.1 Å². The Hall–Kier alpha value is 0.414. The molecule has 0 bridgehead atoms. The standard InChI is InChI=1S/C11H11.3ClH.Ti/c1-8-6-10-4-3-5-11(10)7-9(8)2;;;;/h3-7H,1-2H3;3*1H;/q-1;;;;+4/p-3. The maximum absolute atomic E-state index is 4.97. The number of hydrogen-bond acceptors (Lipinski definition) is 0. The van der Waals surface area contributed by atoms with E-state index in [1.54, 1.807) is 0 Å². The molecule has 0 atom stereocenters. The van der Waals surface area contributed by atoms with Gasteiger partial charge in [-0.2, -0.15) is 12.1 Å². The number of benzene rings is 1. The van der Waals surface area contributed by atoms with Crippen molar-refractivity contribution in [1.82, 2.24) is 0 Å². The molecule has 0 heterocycles. The third-order valence-electron chi connectivity index (χ3n) is 2.25. The first-order valence-corrected chi connectivity index (χ1v) is 10.9. The van der Waals surface area contributed by atoms with Gasteiger partial charge in [-0.05, 0) is 13.8 Å². The molecule has 0 spiro atoms.